The lowest BCUT2D eigenvalue weighted by atomic mass is 9.91. The Hall–Kier alpha value is -3.27. The first kappa shape index (κ1) is 18.1. The highest BCUT2D eigenvalue weighted by molar-refractivity contribution is 5.96. The number of amides is 1. The zero-order chi connectivity index (χ0) is 19.7. The molecule has 0 saturated heterocycles. The van der Waals surface area contributed by atoms with Gasteiger partial charge in [0, 0.05) is 36.4 Å². The fourth-order valence-corrected chi connectivity index (χ4v) is 3.50. The Morgan fingerprint density at radius 2 is 2.07 bits per heavy atom. The van der Waals surface area contributed by atoms with Crippen LogP contribution in [0, 0.1) is 0 Å². The Bertz CT molecular complexity index is 1020. The maximum Gasteiger partial charge on any atom is 0.273 e. The van der Waals surface area contributed by atoms with Gasteiger partial charge in [-0.05, 0) is 31.0 Å². The number of anilines is 3. The van der Waals surface area contributed by atoms with E-state index in [0.29, 0.717) is 5.95 Å². The summed E-state index contributed by atoms with van der Waals surface area (Å²) in [5.41, 5.74) is 13.1. The molecule has 3 aromatic rings. The predicted molar refractivity (Wildman–Crippen MR) is 106 cm³/mol. The number of nitrogens with two attached hydrogens (primary N) is 2. The lowest BCUT2D eigenvalue weighted by molar-refractivity contribution is 0.0995. The summed E-state index contributed by atoms with van der Waals surface area (Å²) in [5, 5.41) is 19.7. The molecule has 1 aromatic carbocycles. The Balaban J connectivity index is 1.62. The van der Waals surface area contributed by atoms with Crippen molar-refractivity contribution in [3.63, 3.8) is 0 Å². The van der Waals surface area contributed by atoms with Crippen molar-refractivity contribution in [2.24, 2.45) is 18.5 Å². The fraction of sp³-hybridized carbons (Fsp3) is 0.389. The van der Waals surface area contributed by atoms with Crippen molar-refractivity contribution in [3.05, 3.63) is 30.1 Å². The van der Waals surface area contributed by atoms with Gasteiger partial charge in [0.05, 0.1) is 5.52 Å². The summed E-state index contributed by atoms with van der Waals surface area (Å²) < 4.78 is 1.74. The van der Waals surface area contributed by atoms with Gasteiger partial charge in [0.1, 0.15) is 0 Å². The fourth-order valence-electron chi connectivity index (χ4n) is 3.50. The number of carbonyl (C=O) groups is 1. The third-order valence-electron chi connectivity index (χ3n) is 4.94. The number of fused-ring (bicyclic) bond motifs is 1. The monoisotopic (exact) mass is 381 g/mol. The second kappa shape index (κ2) is 7.39. The molecule has 2 atom stereocenters. The second-order valence-corrected chi connectivity index (χ2v) is 7.10. The zero-order valence-corrected chi connectivity index (χ0v) is 15.6. The molecule has 1 aliphatic rings. The number of carbonyl (C=O) groups excluding carboxylic acids is 1. The van der Waals surface area contributed by atoms with E-state index < -0.39 is 5.91 Å². The van der Waals surface area contributed by atoms with E-state index >= 15 is 0 Å². The number of hydrogen-bond acceptors (Lipinski definition) is 8. The molecule has 10 heteroatoms. The molecule has 0 aliphatic heterocycles. The summed E-state index contributed by atoms with van der Waals surface area (Å²) in [6, 6.07) is 5.79. The standard InChI is InChI=1S/C18H23N9O/c1-27-9-10-6-7-11(8-14(10)26-27)21-17-15(16(20)28)24-25-18(23-17)22-13-5-3-2-4-12(13)19/h6-9,12-13H,2-5,19H2,1H3,(H2,20,28)(H2,21,22,23,25)/t12-,13+/m0/s1. The van der Waals surface area contributed by atoms with Gasteiger partial charge in [0.15, 0.2) is 11.5 Å². The first-order valence-electron chi connectivity index (χ1n) is 9.26. The molecule has 1 saturated carbocycles. The van der Waals surface area contributed by atoms with Gasteiger partial charge in [-0.25, -0.2) is 0 Å². The number of nitrogens with one attached hydrogen (secondary N) is 2. The third-order valence-corrected chi connectivity index (χ3v) is 4.94. The highest BCUT2D eigenvalue weighted by atomic mass is 16.1. The van der Waals surface area contributed by atoms with Gasteiger partial charge >= 0.3 is 0 Å². The van der Waals surface area contributed by atoms with E-state index in [2.05, 4.69) is 30.9 Å². The van der Waals surface area contributed by atoms with Gasteiger partial charge < -0.3 is 22.1 Å². The van der Waals surface area contributed by atoms with Gasteiger partial charge in [-0.1, -0.05) is 12.8 Å². The van der Waals surface area contributed by atoms with Gasteiger partial charge in [-0.3, -0.25) is 9.48 Å². The minimum Gasteiger partial charge on any atom is -0.364 e. The molecular weight excluding hydrogens is 358 g/mol. The quantitative estimate of drug-likeness (QED) is 0.516. The number of aromatic nitrogens is 5. The van der Waals surface area contributed by atoms with Crippen LogP contribution in [0.1, 0.15) is 36.2 Å². The van der Waals surface area contributed by atoms with Crippen LogP contribution in [0.4, 0.5) is 17.5 Å². The Morgan fingerprint density at radius 3 is 2.86 bits per heavy atom. The molecule has 1 fully saturated rings. The van der Waals surface area contributed by atoms with Crippen LogP contribution in [0.25, 0.3) is 10.9 Å². The lowest BCUT2D eigenvalue weighted by Crippen LogP contribution is -2.43. The van der Waals surface area contributed by atoms with E-state index in [9.17, 15) is 4.79 Å². The van der Waals surface area contributed by atoms with Crippen LogP contribution in [-0.4, -0.2) is 43.0 Å². The van der Waals surface area contributed by atoms with Crippen molar-refractivity contribution in [2.45, 2.75) is 37.8 Å². The number of aryl methyl sites for hydroxylation is 1. The molecule has 1 aliphatic carbocycles. The summed E-state index contributed by atoms with van der Waals surface area (Å²) >= 11 is 0. The molecule has 1 amide bonds. The number of benzene rings is 1. The van der Waals surface area contributed by atoms with Gasteiger partial charge in [0.2, 0.25) is 5.95 Å². The second-order valence-electron chi connectivity index (χ2n) is 7.10. The molecular formula is C18H23N9O. The molecule has 6 N–H and O–H groups in total. The zero-order valence-electron chi connectivity index (χ0n) is 15.6. The van der Waals surface area contributed by atoms with Gasteiger partial charge in [-0.15, -0.1) is 10.2 Å². The average molecular weight is 381 g/mol. The average Bonchev–Trinajstić information content (AvgIpc) is 3.03. The molecule has 10 nitrogen and oxygen atoms in total. The van der Waals surface area contributed by atoms with E-state index in [1.54, 1.807) is 4.68 Å². The summed E-state index contributed by atoms with van der Waals surface area (Å²) in [5.74, 6) is -0.152. The number of primary amides is 1. The molecule has 146 valence electrons. The largest absolute Gasteiger partial charge is 0.364 e. The molecule has 0 radical (unpaired) electrons. The Morgan fingerprint density at radius 1 is 1.25 bits per heavy atom. The SMILES string of the molecule is Cn1cc2ccc(Nc3nc(N[C@@H]4CCCC[C@@H]4N)nnc3C(N)=O)cc2n1. The van der Waals surface area contributed by atoms with E-state index in [4.69, 9.17) is 11.5 Å². The molecule has 28 heavy (non-hydrogen) atoms. The summed E-state index contributed by atoms with van der Waals surface area (Å²) in [4.78, 5) is 16.2. The molecule has 4 rings (SSSR count). The highest BCUT2D eigenvalue weighted by Gasteiger charge is 2.23. The number of hydrogen-bond donors (Lipinski definition) is 4. The smallest absolute Gasteiger partial charge is 0.273 e. The molecule has 0 bridgehead atoms. The van der Waals surface area contributed by atoms with Crippen LogP contribution in [0.2, 0.25) is 0 Å². The maximum atomic E-state index is 11.8. The number of nitrogens with zero attached hydrogens (tertiary/aromatic N) is 5. The van der Waals surface area contributed by atoms with E-state index in [1.807, 2.05) is 31.4 Å². The molecule has 2 aromatic heterocycles. The van der Waals surface area contributed by atoms with Crippen molar-refractivity contribution >= 4 is 34.3 Å². The van der Waals surface area contributed by atoms with Crippen molar-refractivity contribution in [1.82, 2.24) is 25.0 Å². The summed E-state index contributed by atoms with van der Waals surface area (Å²) in [7, 11) is 1.86. The first-order chi connectivity index (χ1) is 13.5. The molecule has 0 unspecified atom stereocenters. The third kappa shape index (κ3) is 3.72. The Kier molecular flexibility index (Phi) is 4.78. The van der Waals surface area contributed by atoms with E-state index in [-0.39, 0.29) is 23.6 Å². The topological polar surface area (TPSA) is 150 Å². The van der Waals surface area contributed by atoms with Crippen LogP contribution in [0.3, 0.4) is 0 Å². The van der Waals surface area contributed by atoms with Crippen molar-refractivity contribution in [3.8, 4) is 0 Å². The molecule has 2 heterocycles. The predicted octanol–water partition coefficient (Wildman–Crippen LogP) is 1.28. The van der Waals surface area contributed by atoms with Crippen LogP contribution >= 0.6 is 0 Å². The van der Waals surface area contributed by atoms with Gasteiger partial charge in [-0.2, -0.15) is 10.1 Å². The van der Waals surface area contributed by atoms with Crippen LogP contribution < -0.4 is 22.1 Å². The van der Waals surface area contributed by atoms with E-state index in [1.165, 1.54) is 0 Å². The van der Waals surface area contributed by atoms with Crippen LogP contribution in [0.15, 0.2) is 24.4 Å². The lowest BCUT2D eigenvalue weighted by Gasteiger charge is -2.29. The number of rotatable bonds is 5. The van der Waals surface area contributed by atoms with Crippen LogP contribution in [-0.2, 0) is 7.05 Å². The molecule has 0 spiro atoms. The summed E-state index contributed by atoms with van der Waals surface area (Å²) in [6.45, 7) is 0. The van der Waals surface area contributed by atoms with Gasteiger partial charge in [0.25, 0.3) is 5.91 Å². The Labute approximate surface area is 161 Å². The van der Waals surface area contributed by atoms with Crippen molar-refractivity contribution in [2.75, 3.05) is 10.6 Å². The first-order valence-corrected chi connectivity index (χ1v) is 9.26. The van der Waals surface area contributed by atoms with Crippen LogP contribution in [0.5, 0.6) is 0 Å². The minimum atomic E-state index is -0.706. The van der Waals surface area contributed by atoms with E-state index in [0.717, 1.165) is 42.3 Å². The summed E-state index contributed by atoms with van der Waals surface area (Å²) in [6.07, 6.45) is 6.06. The minimum absolute atomic E-state index is 0.0281. The van der Waals surface area contributed by atoms with Crippen molar-refractivity contribution < 1.29 is 4.79 Å². The normalized spacial score (nSPS) is 19.5. The van der Waals surface area contributed by atoms with Crippen molar-refractivity contribution in [1.29, 1.82) is 0 Å². The maximum absolute atomic E-state index is 11.8. The highest BCUT2D eigenvalue weighted by Crippen LogP contribution is 2.24.